The van der Waals surface area contributed by atoms with Gasteiger partial charge in [-0.1, -0.05) is 54.6 Å². The van der Waals surface area contributed by atoms with Gasteiger partial charge in [-0.2, -0.15) is 0 Å². The fourth-order valence-corrected chi connectivity index (χ4v) is 3.28. The number of nitrogens with two attached hydrogens (primary N) is 1. The molecule has 3 aromatic carbocycles. The summed E-state index contributed by atoms with van der Waals surface area (Å²) in [4.78, 5) is 26.7. The van der Waals surface area contributed by atoms with Gasteiger partial charge in [0.15, 0.2) is 5.75 Å². The molecule has 1 amide bonds. The third-order valence-corrected chi connectivity index (χ3v) is 4.85. The van der Waals surface area contributed by atoms with Gasteiger partial charge in [0.1, 0.15) is 5.75 Å². The summed E-state index contributed by atoms with van der Waals surface area (Å²) in [6.07, 6.45) is 0.0716. The molecule has 3 rings (SSSR count). The van der Waals surface area contributed by atoms with Crippen LogP contribution < -0.4 is 15.4 Å². The van der Waals surface area contributed by atoms with E-state index in [0.29, 0.717) is 36.9 Å². The minimum Gasteiger partial charge on any atom is -0.466 e. The lowest BCUT2D eigenvalue weighted by Crippen LogP contribution is -2.31. The maximum Gasteiger partial charge on any atom is 0.306 e. The Hall–Kier alpha value is -3.64. The average molecular weight is 433 g/mol. The second kappa shape index (κ2) is 11.7. The van der Waals surface area contributed by atoms with Crippen molar-refractivity contribution in [2.24, 2.45) is 5.73 Å². The quantitative estimate of drug-likeness (QED) is 0.465. The summed E-state index contributed by atoms with van der Waals surface area (Å²) in [6, 6.07) is 24.6. The van der Waals surface area contributed by atoms with E-state index >= 15 is 0 Å². The van der Waals surface area contributed by atoms with Crippen LogP contribution in [0.5, 0.6) is 11.5 Å². The second-order valence-electron chi connectivity index (χ2n) is 7.19. The summed E-state index contributed by atoms with van der Waals surface area (Å²) in [7, 11) is 0. The first-order valence-electron chi connectivity index (χ1n) is 10.7. The van der Waals surface area contributed by atoms with Crippen LogP contribution in [0.3, 0.4) is 0 Å². The predicted molar refractivity (Wildman–Crippen MR) is 124 cm³/mol. The van der Waals surface area contributed by atoms with Gasteiger partial charge in [-0.05, 0) is 42.3 Å². The highest BCUT2D eigenvalue weighted by molar-refractivity contribution is 5.96. The van der Waals surface area contributed by atoms with Gasteiger partial charge in [0.25, 0.3) is 0 Å². The lowest BCUT2D eigenvalue weighted by atomic mass is 10.1. The zero-order chi connectivity index (χ0) is 22.8. The largest absolute Gasteiger partial charge is 0.466 e. The minimum absolute atomic E-state index is 0.0273. The summed E-state index contributed by atoms with van der Waals surface area (Å²) in [6.45, 7) is 2.80. The van der Waals surface area contributed by atoms with Gasteiger partial charge in [-0.3, -0.25) is 9.59 Å². The molecule has 6 heteroatoms. The molecule has 0 saturated carbocycles. The number of nitrogens with zero attached hydrogens (tertiary/aromatic N) is 1. The fourth-order valence-electron chi connectivity index (χ4n) is 3.28. The molecule has 3 aromatic rings. The number of benzene rings is 3. The van der Waals surface area contributed by atoms with Crippen molar-refractivity contribution in [2.45, 2.75) is 32.9 Å². The summed E-state index contributed by atoms with van der Waals surface area (Å²) in [5.74, 6) is 0.610. The number of carbonyl (C=O) groups is 2. The zero-order valence-electron chi connectivity index (χ0n) is 18.2. The minimum atomic E-state index is -0.386. The maximum absolute atomic E-state index is 13.2. The van der Waals surface area contributed by atoms with Gasteiger partial charge in [-0.15, -0.1) is 0 Å². The number of para-hydroxylation sites is 2. The van der Waals surface area contributed by atoms with Crippen LogP contribution in [0.4, 0.5) is 5.69 Å². The molecule has 0 unspecified atom stereocenters. The van der Waals surface area contributed by atoms with Crippen molar-refractivity contribution in [1.29, 1.82) is 0 Å². The number of hydrogen-bond acceptors (Lipinski definition) is 5. The molecule has 2 N–H and O–H groups in total. The molecular weight excluding hydrogens is 404 g/mol. The van der Waals surface area contributed by atoms with Crippen molar-refractivity contribution in [1.82, 2.24) is 0 Å². The first-order chi connectivity index (χ1) is 15.6. The van der Waals surface area contributed by atoms with E-state index in [2.05, 4.69) is 0 Å². The summed E-state index contributed by atoms with van der Waals surface area (Å²) < 4.78 is 11.1. The first-order valence-corrected chi connectivity index (χ1v) is 10.7. The van der Waals surface area contributed by atoms with Crippen molar-refractivity contribution in [2.75, 3.05) is 11.5 Å². The molecule has 6 nitrogen and oxygen atoms in total. The Bertz CT molecular complexity index is 1040. The first kappa shape index (κ1) is 23.0. The number of amides is 1. The molecule has 0 radical (unpaired) electrons. The van der Waals surface area contributed by atoms with Gasteiger partial charge in [0.05, 0.1) is 25.3 Å². The highest BCUT2D eigenvalue weighted by atomic mass is 16.5. The van der Waals surface area contributed by atoms with Crippen molar-refractivity contribution in [3.05, 3.63) is 90.0 Å². The molecule has 0 aliphatic rings. The van der Waals surface area contributed by atoms with Crippen molar-refractivity contribution in [3.8, 4) is 11.5 Å². The van der Waals surface area contributed by atoms with Crippen molar-refractivity contribution < 1.29 is 19.1 Å². The smallest absolute Gasteiger partial charge is 0.306 e. The Morgan fingerprint density at radius 3 is 2.34 bits per heavy atom. The Kier molecular flexibility index (Phi) is 8.40. The Labute approximate surface area is 188 Å². The van der Waals surface area contributed by atoms with Gasteiger partial charge < -0.3 is 20.1 Å². The van der Waals surface area contributed by atoms with Gasteiger partial charge in [-0.25, -0.2) is 0 Å². The number of rotatable bonds is 10. The lowest BCUT2D eigenvalue weighted by molar-refractivity contribution is -0.144. The second-order valence-corrected chi connectivity index (χ2v) is 7.19. The van der Waals surface area contributed by atoms with E-state index in [-0.39, 0.29) is 24.7 Å². The molecule has 0 spiro atoms. The predicted octanol–water partition coefficient (Wildman–Crippen LogP) is 4.81. The van der Waals surface area contributed by atoms with Crippen LogP contribution in [0, 0.1) is 0 Å². The third kappa shape index (κ3) is 6.43. The van der Waals surface area contributed by atoms with Crippen molar-refractivity contribution in [3.63, 3.8) is 0 Å². The van der Waals surface area contributed by atoms with E-state index in [4.69, 9.17) is 15.2 Å². The van der Waals surface area contributed by atoms with Gasteiger partial charge in [0, 0.05) is 13.0 Å². The molecule has 0 aromatic heterocycles. The van der Waals surface area contributed by atoms with Crippen LogP contribution in [0.1, 0.15) is 30.9 Å². The zero-order valence-corrected chi connectivity index (χ0v) is 18.2. The average Bonchev–Trinajstić information content (AvgIpc) is 2.82. The molecule has 32 heavy (non-hydrogen) atoms. The molecule has 0 bridgehead atoms. The molecule has 0 fully saturated rings. The van der Waals surface area contributed by atoms with Crippen LogP contribution in [0.25, 0.3) is 0 Å². The molecular formula is C26H28N2O4. The number of carbonyl (C=O) groups excluding carboxylic acids is 2. The highest BCUT2D eigenvalue weighted by Crippen LogP contribution is 2.34. The SMILES string of the molecule is CCOC(=O)CCC(=O)N(Cc1ccccc1)c1ccccc1Oc1cccc(CN)c1. The highest BCUT2D eigenvalue weighted by Gasteiger charge is 2.21. The monoisotopic (exact) mass is 432 g/mol. The molecule has 166 valence electrons. The Morgan fingerprint density at radius 2 is 1.59 bits per heavy atom. The normalized spacial score (nSPS) is 10.4. The molecule has 0 saturated heterocycles. The van der Waals surface area contributed by atoms with Crippen molar-refractivity contribution >= 4 is 17.6 Å². The van der Waals surface area contributed by atoms with Crippen LogP contribution in [-0.2, 0) is 27.4 Å². The van der Waals surface area contributed by atoms with E-state index in [1.807, 2.05) is 78.9 Å². The number of esters is 1. The summed E-state index contributed by atoms with van der Waals surface area (Å²) in [5, 5.41) is 0. The number of anilines is 1. The number of ether oxygens (including phenoxy) is 2. The Morgan fingerprint density at radius 1 is 0.875 bits per heavy atom. The Balaban J connectivity index is 1.89. The van der Waals surface area contributed by atoms with E-state index in [9.17, 15) is 9.59 Å². The van der Waals surface area contributed by atoms with E-state index in [1.54, 1.807) is 11.8 Å². The molecule has 0 aliphatic carbocycles. The molecule has 0 heterocycles. The summed E-state index contributed by atoms with van der Waals surface area (Å²) in [5.41, 5.74) is 8.30. The lowest BCUT2D eigenvalue weighted by Gasteiger charge is -2.25. The standard InChI is InChI=1S/C26H28N2O4/c1-2-31-26(30)16-15-25(29)28(19-20-9-4-3-5-10-20)23-13-6-7-14-24(23)32-22-12-8-11-21(17-22)18-27/h3-14,17H,2,15-16,18-19,27H2,1H3. The van der Waals surface area contributed by atoms with Gasteiger partial charge >= 0.3 is 5.97 Å². The van der Waals surface area contributed by atoms with E-state index < -0.39 is 0 Å². The van der Waals surface area contributed by atoms with Gasteiger partial charge in [0.2, 0.25) is 5.91 Å². The fraction of sp³-hybridized carbons (Fsp3) is 0.231. The third-order valence-electron chi connectivity index (χ3n) is 4.85. The van der Waals surface area contributed by atoms with E-state index in [1.165, 1.54) is 0 Å². The van der Waals surface area contributed by atoms with Crippen LogP contribution in [-0.4, -0.2) is 18.5 Å². The number of hydrogen-bond donors (Lipinski definition) is 1. The van der Waals surface area contributed by atoms with Crippen LogP contribution in [0.2, 0.25) is 0 Å². The van der Waals surface area contributed by atoms with E-state index in [0.717, 1.165) is 11.1 Å². The molecule has 0 aliphatic heterocycles. The van der Waals surface area contributed by atoms with Crippen LogP contribution >= 0.6 is 0 Å². The summed E-state index contributed by atoms with van der Waals surface area (Å²) >= 11 is 0. The molecule has 0 atom stereocenters. The topological polar surface area (TPSA) is 81.9 Å². The maximum atomic E-state index is 13.2. The van der Waals surface area contributed by atoms with Crippen LogP contribution in [0.15, 0.2) is 78.9 Å².